The van der Waals surface area contributed by atoms with Gasteiger partial charge in [0, 0.05) is 12.2 Å². The molecule has 0 amide bonds. The maximum absolute atomic E-state index is 11.5. The van der Waals surface area contributed by atoms with Crippen molar-refractivity contribution in [1.29, 1.82) is 0 Å². The van der Waals surface area contributed by atoms with Gasteiger partial charge in [-0.2, -0.15) is 0 Å². The Kier molecular flexibility index (Phi) is 4.80. The number of ether oxygens (including phenoxy) is 1. The first-order valence-corrected chi connectivity index (χ1v) is 6.85. The van der Waals surface area contributed by atoms with E-state index in [1.54, 1.807) is 0 Å². The van der Waals surface area contributed by atoms with Crippen LogP contribution in [0.3, 0.4) is 0 Å². The Morgan fingerprint density at radius 3 is 2.74 bits per heavy atom. The third-order valence-electron chi connectivity index (χ3n) is 3.54. The second-order valence-electron chi connectivity index (χ2n) is 5.03. The molecule has 0 spiro atoms. The Morgan fingerprint density at radius 2 is 2.05 bits per heavy atom. The molecule has 1 heterocycles. The number of esters is 1. The molecule has 1 aromatic carbocycles. The van der Waals surface area contributed by atoms with Crippen LogP contribution < -0.4 is 5.32 Å². The van der Waals surface area contributed by atoms with Crippen LogP contribution in [0.4, 0.5) is 5.69 Å². The second kappa shape index (κ2) is 6.57. The molecule has 4 nitrogen and oxygen atoms in total. The minimum atomic E-state index is -0.329. The molecule has 0 bridgehead atoms. The number of nitrogens with one attached hydrogen (secondary N) is 1. The highest BCUT2D eigenvalue weighted by atomic mass is 16.5. The Bertz CT molecular complexity index is 428. The van der Waals surface area contributed by atoms with Gasteiger partial charge in [-0.05, 0) is 44.5 Å². The van der Waals surface area contributed by atoms with E-state index in [4.69, 9.17) is 4.74 Å². The Labute approximate surface area is 114 Å². The van der Waals surface area contributed by atoms with E-state index in [-0.39, 0.29) is 12.0 Å². The third-order valence-corrected chi connectivity index (χ3v) is 3.54. The van der Waals surface area contributed by atoms with Gasteiger partial charge in [-0.3, -0.25) is 4.90 Å². The lowest BCUT2D eigenvalue weighted by atomic mass is 10.1. The largest absolute Gasteiger partial charge is 0.467 e. The molecule has 1 aliphatic rings. The van der Waals surface area contributed by atoms with E-state index >= 15 is 0 Å². The predicted octanol–water partition coefficient (Wildman–Crippen LogP) is 2.26. The van der Waals surface area contributed by atoms with Crippen LogP contribution >= 0.6 is 0 Å². The van der Waals surface area contributed by atoms with Crippen molar-refractivity contribution in [2.75, 3.05) is 25.5 Å². The molecule has 0 saturated carbocycles. The first-order valence-electron chi connectivity index (χ1n) is 6.85. The SMILES string of the molecule is COC(=O)C(C)Nc1ccccc1CN1CCCC1. The molecule has 1 saturated heterocycles. The van der Waals surface area contributed by atoms with E-state index in [9.17, 15) is 4.79 Å². The molecule has 19 heavy (non-hydrogen) atoms. The average molecular weight is 262 g/mol. The lowest BCUT2D eigenvalue weighted by Crippen LogP contribution is -2.28. The van der Waals surface area contributed by atoms with Crippen LogP contribution in [0, 0.1) is 0 Å². The van der Waals surface area contributed by atoms with Crippen molar-refractivity contribution in [1.82, 2.24) is 4.90 Å². The van der Waals surface area contributed by atoms with Gasteiger partial charge in [0.1, 0.15) is 6.04 Å². The number of carbonyl (C=O) groups excluding carboxylic acids is 1. The number of carbonyl (C=O) groups is 1. The first-order chi connectivity index (χ1) is 9.20. The number of hydrogen-bond acceptors (Lipinski definition) is 4. The van der Waals surface area contributed by atoms with E-state index < -0.39 is 0 Å². The highest BCUT2D eigenvalue weighted by molar-refractivity contribution is 5.79. The summed E-state index contributed by atoms with van der Waals surface area (Å²) >= 11 is 0. The van der Waals surface area contributed by atoms with Crippen LogP contribution in [0.15, 0.2) is 24.3 Å². The first kappa shape index (κ1) is 13.9. The number of benzene rings is 1. The number of rotatable bonds is 5. The topological polar surface area (TPSA) is 41.6 Å². The van der Waals surface area contributed by atoms with Gasteiger partial charge in [0.15, 0.2) is 0 Å². The molecule has 1 unspecified atom stereocenters. The lowest BCUT2D eigenvalue weighted by molar-refractivity contribution is -0.141. The molecule has 1 N–H and O–H groups in total. The van der Waals surface area contributed by atoms with Gasteiger partial charge in [-0.25, -0.2) is 4.79 Å². The smallest absolute Gasteiger partial charge is 0.327 e. The third kappa shape index (κ3) is 3.70. The fraction of sp³-hybridized carbons (Fsp3) is 0.533. The number of nitrogens with zero attached hydrogens (tertiary/aromatic N) is 1. The Balaban J connectivity index is 2.04. The van der Waals surface area contributed by atoms with Crippen molar-refractivity contribution in [3.8, 4) is 0 Å². The van der Waals surface area contributed by atoms with E-state index in [1.165, 1.54) is 38.6 Å². The van der Waals surface area contributed by atoms with Crippen LogP contribution in [0.25, 0.3) is 0 Å². The van der Waals surface area contributed by atoms with Gasteiger partial charge in [-0.1, -0.05) is 18.2 Å². The summed E-state index contributed by atoms with van der Waals surface area (Å²) in [5, 5.41) is 3.23. The molecule has 0 aromatic heterocycles. The standard InChI is InChI=1S/C15H22N2O2/c1-12(15(18)19-2)16-14-8-4-3-7-13(14)11-17-9-5-6-10-17/h3-4,7-8,12,16H,5-6,9-11H2,1-2H3. The van der Waals surface area contributed by atoms with Gasteiger partial charge in [-0.15, -0.1) is 0 Å². The summed E-state index contributed by atoms with van der Waals surface area (Å²) in [7, 11) is 1.41. The Morgan fingerprint density at radius 1 is 1.37 bits per heavy atom. The van der Waals surface area contributed by atoms with Crippen LogP contribution in [0.2, 0.25) is 0 Å². The molecule has 2 rings (SSSR count). The van der Waals surface area contributed by atoms with Crippen molar-refractivity contribution >= 4 is 11.7 Å². The molecule has 4 heteroatoms. The number of para-hydroxylation sites is 1. The Hall–Kier alpha value is -1.55. The van der Waals surface area contributed by atoms with E-state index in [0.29, 0.717) is 0 Å². The van der Waals surface area contributed by atoms with Gasteiger partial charge in [0.2, 0.25) is 0 Å². The highest BCUT2D eigenvalue weighted by Crippen LogP contribution is 2.20. The van der Waals surface area contributed by atoms with Crippen molar-refractivity contribution in [2.24, 2.45) is 0 Å². The minimum Gasteiger partial charge on any atom is -0.467 e. The fourth-order valence-corrected chi connectivity index (χ4v) is 2.45. The van der Waals surface area contributed by atoms with E-state index in [1.807, 2.05) is 25.1 Å². The number of anilines is 1. The summed E-state index contributed by atoms with van der Waals surface area (Å²) in [6.07, 6.45) is 2.57. The zero-order valence-corrected chi connectivity index (χ0v) is 11.7. The summed E-state index contributed by atoms with van der Waals surface area (Å²) in [6, 6.07) is 7.83. The lowest BCUT2D eigenvalue weighted by Gasteiger charge is -2.20. The van der Waals surface area contributed by atoms with Gasteiger partial charge in [0.25, 0.3) is 0 Å². The summed E-state index contributed by atoms with van der Waals surface area (Å²) in [5.74, 6) is -0.240. The molecule has 1 aliphatic heterocycles. The number of methoxy groups -OCH3 is 1. The molecule has 1 aromatic rings. The van der Waals surface area contributed by atoms with Crippen molar-refractivity contribution in [2.45, 2.75) is 32.4 Å². The summed E-state index contributed by atoms with van der Waals surface area (Å²) in [4.78, 5) is 13.9. The maximum atomic E-state index is 11.5. The molecule has 0 radical (unpaired) electrons. The molecule has 0 aliphatic carbocycles. The zero-order valence-electron chi connectivity index (χ0n) is 11.7. The zero-order chi connectivity index (χ0) is 13.7. The quantitative estimate of drug-likeness (QED) is 0.826. The minimum absolute atomic E-state index is 0.240. The summed E-state index contributed by atoms with van der Waals surface area (Å²) in [6.45, 7) is 5.09. The summed E-state index contributed by atoms with van der Waals surface area (Å²) in [5.41, 5.74) is 2.26. The predicted molar refractivity (Wildman–Crippen MR) is 76.1 cm³/mol. The fourth-order valence-electron chi connectivity index (χ4n) is 2.45. The average Bonchev–Trinajstić information content (AvgIpc) is 2.93. The van der Waals surface area contributed by atoms with Crippen LogP contribution in [0.1, 0.15) is 25.3 Å². The van der Waals surface area contributed by atoms with Crippen molar-refractivity contribution < 1.29 is 9.53 Å². The van der Waals surface area contributed by atoms with Gasteiger partial charge < -0.3 is 10.1 Å². The summed E-state index contributed by atoms with van der Waals surface area (Å²) < 4.78 is 4.75. The highest BCUT2D eigenvalue weighted by Gasteiger charge is 2.16. The van der Waals surface area contributed by atoms with Crippen molar-refractivity contribution in [3.05, 3.63) is 29.8 Å². The van der Waals surface area contributed by atoms with Crippen LogP contribution in [-0.2, 0) is 16.1 Å². The second-order valence-corrected chi connectivity index (χ2v) is 5.03. The molecular weight excluding hydrogens is 240 g/mol. The molecule has 104 valence electrons. The normalized spacial score (nSPS) is 17.2. The number of hydrogen-bond donors (Lipinski definition) is 1. The van der Waals surface area contributed by atoms with Crippen LogP contribution in [0.5, 0.6) is 0 Å². The molecular formula is C15H22N2O2. The van der Waals surface area contributed by atoms with Crippen molar-refractivity contribution in [3.63, 3.8) is 0 Å². The molecule has 1 fully saturated rings. The van der Waals surface area contributed by atoms with Crippen LogP contribution in [-0.4, -0.2) is 37.1 Å². The van der Waals surface area contributed by atoms with E-state index in [2.05, 4.69) is 16.3 Å². The monoisotopic (exact) mass is 262 g/mol. The maximum Gasteiger partial charge on any atom is 0.327 e. The number of likely N-dealkylation sites (tertiary alicyclic amines) is 1. The van der Waals surface area contributed by atoms with Gasteiger partial charge >= 0.3 is 5.97 Å². The molecule has 1 atom stereocenters. The van der Waals surface area contributed by atoms with E-state index in [0.717, 1.165) is 12.2 Å². The van der Waals surface area contributed by atoms with Gasteiger partial charge in [0.05, 0.1) is 7.11 Å².